The van der Waals surface area contributed by atoms with Crippen molar-refractivity contribution in [2.75, 3.05) is 20.2 Å². The van der Waals surface area contributed by atoms with E-state index < -0.39 is 6.43 Å². The second-order valence-corrected chi connectivity index (χ2v) is 6.65. The van der Waals surface area contributed by atoms with Gasteiger partial charge in [-0.1, -0.05) is 20.8 Å². The number of nitrogens with one attached hydrogen (secondary N) is 2. The average molecular weight is 422 g/mol. The summed E-state index contributed by atoms with van der Waals surface area (Å²) in [4.78, 5) is 18.6. The van der Waals surface area contributed by atoms with Gasteiger partial charge in [-0.2, -0.15) is 10.2 Å². The standard InChI is InChI=1S/C18H22F2N6O2.C2H6/c1-11-5-6-26(18(27)12-3-4-16(28-2)21-8-12)9-13(11)14-7-15(17(19)20)25-23-10-22-24-14;1-2/h3-4,7-8,10-11,13,17,24H,5-6,9H2,1-2H3,(H,22,23);1-2H3/t11-,13-;/m1./s1. The monoisotopic (exact) mass is 422 g/mol. The summed E-state index contributed by atoms with van der Waals surface area (Å²) in [5.74, 6) is 0.267. The summed E-state index contributed by atoms with van der Waals surface area (Å²) in [6.45, 7) is 6.99. The molecule has 2 N–H and O–H groups in total. The number of H-pyrrole nitrogens is 2. The Labute approximate surface area is 174 Å². The minimum absolute atomic E-state index is 0.161. The number of pyridine rings is 1. The van der Waals surface area contributed by atoms with Crippen LogP contribution < -0.4 is 4.74 Å². The molecule has 0 radical (unpaired) electrons. The third-order valence-corrected chi connectivity index (χ3v) is 4.87. The number of nitrogens with zero attached hydrogens (tertiary/aromatic N) is 4. The Balaban J connectivity index is 0.00000155. The molecule has 0 saturated carbocycles. The molecule has 0 bridgehead atoms. The van der Waals surface area contributed by atoms with E-state index in [9.17, 15) is 13.6 Å². The van der Waals surface area contributed by atoms with E-state index in [1.165, 1.54) is 25.7 Å². The van der Waals surface area contributed by atoms with Crippen LogP contribution >= 0.6 is 0 Å². The number of halogens is 2. The molecule has 10 heteroatoms. The van der Waals surface area contributed by atoms with Crippen LogP contribution in [-0.2, 0) is 0 Å². The summed E-state index contributed by atoms with van der Waals surface area (Å²) in [7, 11) is 1.51. The highest BCUT2D eigenvalue weighted by atomic mass is 19.3. The molecule has 0 aromatic carbocycles. The molecule has 0 unspecified atom stereocenters. The predicted octanol–water partition coefficient (Wildman–Crippen LogP) is 3.89. The quantitative estimate of drug-likeness (QED) is 0.779. The van der Waals surface area contributed by atoms with Crippen LogP contribution in [0.2, 0.25) is 0 Å². The molecular formula is C20H28F2N6O2. The van der Waals surface area contributed by atoms with Gasteiger partial charge in [0.25, 0.3) is 12.3 Å². The Bertz CT molecular complexity index is 851. The van der Waals surface area contributed by atoms with Crippen molar-refractivity contribution in [3.05, 3.63) is 47.7 Å². The number of aromatic amines is 2. The number of aromatic nitrogens is 5. The molecule has 2 atom stereocenters. The Hall–Kier alpha value is -3.04. The van der Waals surface area contributed by atoms with Crippen molar-refractivity contribution in [1.29, 1.82) is 0 Å². The van der Waals surface area contributed by atoms with Crippen molar-refractivity contribution in [2.45, 2.75) is 39.5 Å². The van der Waals surface area contributed by atoms with Gasteiger partial charge in [0.15, 0.2) is 0 Å². The van der Waals surface area contributed by atoms with Gasteiger partial charge in [0.2, 0.25) is 5.88 Å². The van der Waals surface area contributed by atoms with Gasteiger partial charge in [0.1, 0.15) is 12.0 Å². The molecule has 164 valence electrons. The molecule has 30 heavy (non-hydrogen) atoms. The smallest absolute Gasteiger partial charge is 0.282 e. The van der Waals surface area contributed by atoms with Gasteiger partial charge in [-0.3, -0.25) is 15.0 Å². The maximum absolute atomic E-state index is 13.2. The molecule has 2 aromatic rings. The number of likely N-dealkylation sites (tertiary alicyclic amines) is 1. The summed E-state index contributed by atoms with van der Waals surface area (Å²) in [6.07, 6.45) is 0.688. The number of ether oxygens (including phenoxy) is 1. The number of piperidine rings is 1. The Morgan fingerprint density at radius 3 is 2.73 bits per heavy atom. The number of rotatable bonds is 4. The van der Waals surface area contributed by atoms with Gasteiger partial charge >= 0.3 is 0 Å². The van der Waals surface area contributed by atoms with Gasteiger partial charge in [-0.05, 0) is 24.5 Å². The molecule has 0 spiro atoms. The highest BCUT2D eigenvalue weighted by Gasteiger charge is 2.31. The van der Waals surface area contributed by atoms with Crippen LogP contribution in [0.5, 0.6) is 5.88 Å². The van der Waals surface area contributed by atoms with Gasteiger partial charge in [-0.25, -0.2) is 13.8 Å². The van der Waals surface area contributed by atoms with Gasteiger partial charge < -0.3 is 9.64 Å². The van der Waals surface area contributed by atoms with Crippen LogP contribution in [0.3, 0.4) is 0 Å². The van der Waals surface area contributed by atoms with E-state index in [0.717, 1.165) is 6.42 Å². The molecule has 8 nitrogen and oxygen atoms in total. The third-order valence-electron chi connectivity index (χ3n) is 4.87. The summed E-state index contributed by atoms with van der Waals surface area (Å²) in [5, 5.41) is 12.7. The maximum Gasteiger partial charge on any atom is 0.282 e. The molecule has 1 amide bonds. The lowest BCUT2D eigenvalue weighted by Crippen LogP contribution is -2.42. The summed E-state index contributed by atoms with van der Waals surface area (Å²) < 4.78 is 31.4. The minimum atomic E-state index is -2.72. The van der Waals surface area contributed by atoms with Gasteiger partial charge in [-0.15, -0.1) is 0 Å². The first-order valence-electron chi connectivity index (χ1n) is 9.89. The van der Waals surface area contributed by atoms with Crippen LogP contribution in [0.4, 0.5) is 8.78 Å². The van der Waals surface area contributed by atoms with Crippen molar-refractivity contribution in [1.82, 2.24) is 30.3 Å². The van der Waals surface area contributed by atoms with Crippen molar-refractivity contribution in [3.63, 3.8) is 0 Å². The fourth-order valence-electron chi connectivity index (χ4n) is 3.23. The first-order valence-corrected chi connectivity index (χ1v) is 9.89. The van der Waals surface area contributed by atoms with Crippen molar-refractivity contribution < 1.29 is 18.3 Å². The van der Waals surface area contributed by atoms with Crippen LogP contribution in [0, 0.1) is 5.92 Å². The number of carbonyl (C=O) groups excluding carboxylic acids is 1. The molecule has 1 aliphatic heterocycles. The molecule has 2 aromatic heterocycles. The van der Waals surface area contributed by atoms with Crippen molar-refractivity contribution in [2.24, 2.45) is 5.92 Å². The SMILES string of the molecule is CC.COc1ccc(C(=O)N2CC[C@@H](C)[C@H](c3cc(C(F)F)n[nH]cn[nH]3)C2)cn1. The number of methoxy groups -OCH3 is 1. The second-order valence-electron chi connectivity index (χ2n) is 6.65. The Kier molecular flexibility index (Phi) is 8.70. The van der Waals surface area contributed by atoms with E-state index >= 15 is 0 Å². The molecule has 1 fully saturated rings. The van der Waals surface area contributed by atoms with Gasteiger partial charge in [0, 0.05) is 37.0 Å². The lowest BCUT2D eigenvalue weighted by atomic mass is 9.84. The Morgan fingerprint density at radius 1 is 1.33 bits per heavy atom. The number of alkyl halides is 2. The summed E-state index contributed by atoms with van der Waals surface area (Å²) in [5.41, 5.74) is 0.573. The highest BCUT2D eigenvalue weighted by molar-refractivity contribution is 5.94. The zero-order valence-electron chi connectivity index (χ0n) is 17.6. The lowest BCUT2D eigenvalue weighted by Gasteiger charge is -2.37. The number of amides is 1. The first kappa shape index (κ1) is 23.2. The van der Waals surface area contributed by atoms with E-state index in [1.807, 2.05) is 20.8 Å². The number of hydrogen-bond donors (Lipinski definition) is 2. The van der Waals surface area contributed by atoms with E-state index in [0.29, 0.717) is 30.2 Å². The maximum atomic E-state index is 13.2. The van der Waals surface area contributed by atoms with Gasteiger partial charge in [0.05, 0.1) is 12.7 Å². The fourth-order valence-corrected chi connectivity index (χ4v) is 3.23. The molecule has 1 saturated heterocycles. The normalized spacial score (nSPS) is 18.3. The number of carbonyl (C=O) groups is 1. The first-order chi connectivity index (χ1) is 14.5. The summed E-state index contributed by atoms with van der Waals surface area (Å²) >= 11 is 0. The Morgan fingerprint density at radius 2 is 2.10 bits per heavy atom. The molecule has 3 heterocycles. The van der Waals surface area contributed by atoms with Crippen molar-refractivity contribution >= 4 is 5.91 Å². The minimum Gasteiger partial charge on any atom is -0.481 e. The third kappa shape index (κ3) is 5.74. The fraction of sp³-hybridized carbons (Fsp3) is 0.500. The van der Waals surface area contributed by atoms with E-state index in [1.54, 1.807) is 17.0 Å². The van der Waals surface area contributed by atoms with Crippen LogP contribution in [0.1, 0.15) is 61.3 Å². The molecular weight excluding hydrogens is 394 g/mol. The van der Waals surface area contributed by atoms with Crippen molar-refractivity contribution in [3.8, 4) is 5.88 Å². The largest absolute Gasteiger partial charge is 0.481 e. The predicted molar refractivity (Wildman–Crippen MR) is 108 cm³/mol. The molecule has 0 aliphatic carbocycles. The topological polar surface area (TPSA) is 99.8 Å². The van der Waals surface area contributed by atoms with E-state index in [-0.39, 0.29) is 23.4 Å². The van der Waals surface area contributed by atoms with Crippen LogP contribution in [0.15, 0.2) is 30.7 Å². The van der Waals surface area contributed by atoms with Crippen LogP contribution in [0.25, 0.3) is 0 Å². The van der Waals surface area contributed by atoms with E-state index in [4.69, 9.17) is 4.74 Å². The van der Waals surface area contributed by atoms with Crippen LogP contribution in [-0.4, -0.2) is 56.4 Å². The zero-order valence-corrected chi connectivity index (χ0v) is 17.6. The molecule has 1 aliphatic rings. The second kappa shape index (κ2) is 11.2. The summed E-state index contributed by atoms with van der Waals surface area (Å²) in [6, 6.07) is 4.59. The highest BCUT2D eigenvalue weighted by Crippen LogP contribution is 2.32. The average Bonchev–Trinajstić information content (AvgIpc) is 2.75. The zero-order chi connectivity index (χ0) is 22.1. The van der Waals surface area contributed by atoms with E-state index in [2.05, 4.69) is 25.4 Å². The lowest BCUT2D eigenvalue weighted by molar-refractivity contribution is 0.0665. The molecule has 3 rings (SSSR count). The number of hydrogen-bond acceptors (Lipinski definition) is 5.